The Kier molecular flexibility index (Phi) is 4.21. The van der Waals surface area contributed by atoms with Crippen molar-refractivity contribution in [1.82, 2.24) is 15.5 Å². The van der Waals surface area contributed by atoms with Crippen molar-refractivity contribution in [2.45, 2.75) is 37.8 Å². The number of aliphatic carboxylic acids is 1. The van der Waals surface area contributed by atoms with E-state index in [1.165, 1.54) is 4.90 Å². The van der Waals surface area contributed by atoms with Gasteiger partial charge in [-0.15, -0.1) is 0 Å². The minimum atomic E-state index is -1.04. The van der Waals surface area contributed by atoms with Gasteiger partial charge in [0.1, 0.15) is 12.1 Å². The summed E-state index contributed by atoms with van der Waals surface area (Å²) in [5.74, 6) is -2.22. The first-order valence-electron chi connectivity index (χ1n) is 6.58. The Morgan fingerprint density at radius 3 is 2.75 bits per heavy atom. The van der Waals surface area contributed by atoms with Crippen molar-refractivity contribution in [3.05, 3.63) is 0 Å². The van der Waals surface area contributed by atoms with Crippen LogP contribution in [0.25, 0.3) is 0 Å². The molecule has 20 heavy (non-hydrogen) atoms. The predicted octanol–water partition coefficient (Wildman–Crippen LogP) is -1.54. The number of hydrogen-bond acceptors (Lipinski definition) is 4. The molecule has 2 rings (SSSR count). The van der Waals surface area contributed by atoms with Gasteiger partial charge < -0.3 is 20.6 Å². The Morgan fingerprint density at radius 2 is 2.05 bits per heavy atom. The molecule has 3 amide bonds. The molecule has 2 aliphatic rings. The van der Waals surface area contributed by atoms with Gasteiger partial charge in [-0.3, -0.25) is 19.2 Å². The van der Waals surface area contributed by atoms with Crippen molar-refractivity contribution in [1.29, 1.82) is 0 Å². The number of carbonyl (C=O) groups is 4. The quantitative estimate of drug-likeness (QED) is 0.580. The van der Waals surface area contributed by atoms with E-state index < -0.39 is 24.0 Å². The summed E-state index contributed by atoms with van der Waals surface area (Å²) in [4.78, 5) is 47.9. The van der Waals surface area contributed by atoms with Crippen LogP contribution in [-0.2, 0) is 19.2 Å². The van der Waals surface area contributed by atoms with Crippen molar-refractivity contribution >= 4 is 23.7 Å². The highest BCUT2D eigenvalue weighted by atomic mass is 16.4. The minimum absolute atomic E-state index is 0.00776. The molecule has 0 spiro atoms. The van der Waals surface area contributed by atoms with E-state index in [-0.39, 0.29) is 31.2 Å². The molecule has 2 heterocycles. The second-order valence-electron chi connectivity index (χ2n) is 4.96. The fourth-order valence-corrected chi connectivity index (χ4v) is 2.53. The van der Waals surface area contributed by atoms with Crippen LogP contribution in [0.3, 0.4) is 0 Å². The Hall–Kier alpha value is -2.12. The second kappa shape index (κ2) is 5.89. The Balaban J connectivity index is 2.12. The molecule has 0 aromatic rings. The van der Waals surface area contributed by atoms with Gasteiger partial charge in [-0.25, -0.2) is 0 Å². The highest BCUT2D eigenvalue weighted by Gasteiger charge is 2.37. The van der Waals surface area contributed by atoms with E-state index >= 15 is 0 Å². The van der Waals surface area contributed by atoms with Crippen LogP contribution in [0.5, 0.6) is 0 Å². The van der Waals surface area contributed by atoms with Crippen molar-refractivity contribution in [3.8, 4) is 0 Å². The number of hydrogen-bond donors (Lipinski definition) is 3. The summed E-state index contributed by atoms with van der Waals surface area (Å²) in [6.45, 7) is 0.348. The highest BCUT2D eigenvalue weighted by Crippen LogP contribution is 2.18. The number of carboxylic acid groups (broad SMARTS) is 1. The van der Waals surface area contributed by atoms with Gasteiger partial charge in [0.25, 0.3) is 0 Å². The summed E-state index contributed by atoms with van der Waals surface area (Å²) in [5.41, 5.74) is 0. The molecule has 0 saturated carbocycles. The lowest BCUT2D eigenvalue weighted by Gasteiger charge is -2.23. The SMILES string of the molecule is O=C(O)CCC1NC(=O)C2CCCN2C(=O)CNC1=O. The molecule has 0 aromatic heterocycles. The van der Waals surface area contributed by atoms with Crippen molar-refractivity contribution in [3.63, 3.8) is 0 Å². The maximum Gasteiger partial charge on any atom is 0.303 e. The standard InChI is InChI=1S/C12H17N3O5/c16-9-6-13-11(19)7(3-4-10(17)18)14-12(20)8-2-1-5-15(8)9/h7-8H,1-6H2,(H,13,19)(H,14,20)(H,17,18). The first-order valence-corrected chi connectivity index (χ1v) is 6.58. The second-order valence-corrected chi connectivity index (χ2v) is 4.96. The van der Waals surface area contributed by atoms with Gasteiger partial charge in [0.15, 0.2) is 0 Å². The van der Waals surface area contributed by atoms with Crippen LogP contribution < -0.4 is 10.6 Å². The molecule has 8 heteroatoms. The summed E-state index contributed by atoms with van der Waals surface area (Å²) in [6, 6.07) is -1.46. The van der Waals surface area contributed by atoms with Crippen LogP contribution in [0.15, 0.2) is 0 Å². The van der Waals surface area contributed by atoms with E-state index in [4.69, 9.17) is 5.11 Å². The van der Waals surface area contributed by atoms with Crippen LogP contribution >= 0.6 is 0 Å². The number of fused-ring (bicyclic) bond motifs is 1. The van der Waals surface area contributed by atoms with Gasteiger partial charge in [0.05, 0.1) is 6.54 Å². The first kappa shape index (κ1) is 14.3. The lowest BCUT2D eigenvalue weighted by atomic mass is 10.1. The summed E-state index contributed by atoms with van der Waals surface area (Å²) < 4.78 is 0. The smallest absolute Gasteiger partial charge is 0.303 e. The molecule has 2 fully saturated rings. The number of amides is 3. The molecule has 2 aliphatic heterocycles. The zero-order valence-electron chi connectivity index (χ0n) is 10.9. The average molecular weight is 283 g/mol. The van der Waals surface area contributed by atoms with Gasteiger partial charge >= 0.3 is 5.97 Å². The average Bonchev–Trinajstić information content (AvgIpc) is 2.88. The highest BCUT2D eigenvalue weighted by molar-refractivity contribution is 5.96. The molecule has 0 aliphatic carbocycles. The van der Waals surface area contributed by atoms with E-state index in [9.17, 15) is 19.2 Å². The third kappa shape index (κ3) is 3.06. The summed E-state index contributed by atoms with van der Waals surface area (Å²) in [7, 11) is 0. The zero-order chi connectivity index (χ0) is 14.7. The van der Waals surface area contributed by atoms with Crippen molar-refractivity contribution in [2.24, 2.45) is 0 Å². The van der Waals surface area contributed by atoms with Gasteiger partial charge in [0.2, 0.25) is 17.7 Å². The molecule has 110 valence electrons. The molecule has 2 saturated heterocycles. The number of nitrogens with zero attached hydrogens (tertiary/aromatic N) is 1. The lowest BCUT2D eigenvalue weighted by Crippen LogP contribution is -2.50. The molecule has 2 atom stereocenters. The van der Waals surface area contributed by atoms with Crippen molar-refractivity contribution < 1.29 is 24.3 Å². The predicted molar refractivity (Wildman–Crippen MR) is 66.5 cm³/mol. The number of nitrogens with one attached hydrogen (secondary N) is 2. The molecular weight excluding hydrogens is 266 g/mol. The molecule has 2 unspecified atom stereocenters. The van der Waals surface area contributed by atoms with E-state index in [1.807, 2.05) is 0 Å². The fraction of sp³-hybridized carbons (Fsp3) is 0.667. The first-order chi connectivity index (χ1) is 9.49. The van der Waals surface area contributed by atoms with E-state index in [0.717, 1.165) is 6.42 Å². The topological polar surface area (TPSA) is 116 Å². The van der Waals surface area contributed by atoms with Crippen LogP contribution in [0.4, 0.5) is 0 Å². The third-order valence-corrected chi connectivity index (χ3v) is 3.57. The van der Waals surface area contributed by atoms with E-state index in [0.29, 0.717) is 13.0 Å². The molecular formula is C12H17N3O5. The van der Waals surface area contributed by atoms with Gasteiger partial charge in [-0.2, -0.15) is 0 Å². The molecule has 0 bridgehead atoms. The van der Waals surface area contributed by atoms with Crippen LogP contribution in [-0.4, -0.2) is 58.9 Å². The number of rotatable bonds is 3. The Morgan fingerprint density at radius 1 is 1.30 bits per heavy atom. The van der Waals surface area contributed by atoms with E-state index in [2.05, 4.69) is 10.6 Å². The Bertz CT molecular complexity index is 450. The molecule has 3 N–H and O–H groups in total. The lowest BCUT2D eigenvalue weighted by molar-refractivity contribution is -0.138. The zero-order valence-corrected chi connectivity index (χ0v) is 10.9. The van der Waals surface area contributed by atoms with Gasteiger partial charge in [-0.05, 0) is 19.3 Å². The monoisotopic (exact) mass is 283 g/mol. The number of carbonyl (C=O) groups excluding carboxylic acids is 3. The van der Waals surface area contributed by atoms with Crippen LogP contribution in [0.2, 0.25) is 0 Å². The van der Waals surface area contributed by atoms with Crippen LogP contribution in [0.1, 0.15) is 25.7 Å². The maximum absolute atomic E-state index is 12.1. The molecule has 0 aromatic carbocycles. The molecule has 8 nitrogen and oxygen atoms in total. The summed E-state index contributed by atoms with van der Waals surface area (Å²) in [6.07, 6.45) is 1.10. The fourth-order valence-electron chi connectivity index (χ4n) is 2.53. The van der Waals surface area contributed by atoms with Gasteiger partial charge in [-0.1, -0.05) is 0 Å². The maximum atomic E-state index is 12.1. The third-order valence-electron chi connectivity index (χ3n) is 3.57. The summed E-state index contributed by atoms with van der Waals surface area (Å²) >= 11 is 0. The van der Waals surface area contributed by atoms with Crippen LogP contribution in [0, 0.1) is 0 Å². The van der Waals surface area contributed by atoms with Gasteiger partial charge in [0, 0.05) is 13.0 Å². The minimum Gasteiger partial charge on any atom is -0.481 e. The Labute approximate surface area is 115 Å². The van der Waals surface area contributed by atoms with E-state index in [1.54, 1.807) is 0 Å². The van der Waals surface area contributed by atoms with Crippen molar-refractivity contribution in [2.75, 3.05) is 13.1 Å². The normalized spacial score (nSPS) is 27.0. The summed E-state index contributed by atoms with van der Waals surface area (Å²) in [5, 5.41) is 13.7. The largest absolute Gasteiger partial charge is 0.481 e. The number of carboxylic acids is 1. The molecule has 0 radical (unpaired) electrons.